The number of fused-ring (bicyclic) bond motifs is 1. The molecule has 1 amide bonds. The predicted molar refractivity (Wildman–Crippen MR) is 163 cm³/mol. The molecule has 1 aliphatic heterocycles. The van der Waals surface area contributed by atoms with E-state index < -0.39 is 0 Å². The van der Waals surface area contributed by atoms with Gasteiger partial charge in [-0.3, -0.25) is 9.78 Å². The first-order valence-electron chi connectivity index (χ1n) is 13.8. The lowest BCUT2D eigenvalue weighted by Gasteiger charge is -2.19. The molecule has 1 aromatic heterocycles. The van der Waals surface area contributed by atoms with Gasteiger partial charge in [-0.15, -0.1) is 0 Å². The third-order valence-corrected chi connectivity index (χ3v) is 6.66. The highest BCUT2D eigenvalue weighted by Gasteiger charge is 2.22. The minimum Gasteiger partial charge on any atom is -0.489 e. The standard InChI is InChI=1S/C33H33N5O4/c1-38(2)17-6-9-30(39)37-33-29(42-27-16-18-40-22-27)15-14-28-31(24(19-34)20-35-32(28)33)36-25-10-12-26(13-11-25)41-21-23-7-4-3-5-8-23/h3-15,20,27H,16-18,21-22H2,1-2H3,(H,35,36)(H,37,39)/b9-6+/t27-/m0/s1. The summed E-state index contributed by atoms with van der Waals surface area (Å²) in [5.74, 6) is 0.925. The number of likely N-dealkylation sites (N-methyl/N-ethyl adjacent to an activating group) is 1. The molecule has 9 heteroatoms. The summed E-state index contributed by atoms with van der Waals surface area (Å²) in [5, 5.41) is 16.9. The minimum atomic E-state index is -0.302. The van der Waals surface area contributed by atoms with Gasteiger partial charge in [0.1, 0.15) is 36.0 Å². The van der Waals surface area contributed by atoms with E-state index >= 15 is 0 Å². The molecule has 1 aliphatic rings. The van der Waals surface area contributed by atoms with Gasteiger partial charge < -0.3 is 29.7 Å². The second-order valence-corrected chi connectivity index (χ2v) is 10.2. The van der Waals surface area contributed by atoms with E-state index in [1.807, 2.05) is 79.7 Å². The summed E-state index contributed by atoms with van der Waals surface area (Å²) in [7, 11) is 3.86. The fourth-order valence-electron chi connectivity index (χ4n) is 4.53. The van der Waals surface area contributed by atoms with Crippen LogP contribution in [0.25, 0.3) is 10.9 Å². The van der Waals surface area contributed by atoms with E-state index in [9.17, 15) is 10.1 Å². The third kappa shape index (κ3) is 7.23. The summed E-state index contributed by atoms with van der Waals surface area (Å²) in [6.07, 6.45) is 5.41. The molecule has 1 fully saturated rings. The number of amides is 1. The maximum Gasteiger partial charge on any atom is 0.248 e. The Kier molecular flexibility index (Phi) is 9.29. The zero-order valence-electron chi connectivity index (χ0n) is 23.7. The number of nitrogens with zero attached hydrogens (tertiary/aromatic N) is 3. The molecule has 2 heterocycles. The van der Waals surface area contributed by atoms with Crippen molar-refractivity contribution in [1.82, 2.24) is 9.88 Å². The van der Waals surface area contributed by atoms with Crippen molar-refractivity contribution in [3.8, 4) is 17.6 Å². The fraction of sp³-hybridized carbons (Fsp3) is 0.242. The number of ether oxygens (including phenoxy) is 3. The van der Waals surface area contributed by atoms with Gasteiger partial charge in [-0.1, -0.05) is 36.4 Å². The topological polar surface area (TPSA) is 109 Å². The van der Waals surface area contributed by atoms with Crippen LogP contribution in [0, 0.1) is 11.3 Å². The van der Waals surface area contributed by atoms with Crippen LogP contribution in [-0.2, 0) is 16.1 Å². The highest BCUT2D eigenvalue weighted by atomic mass is 16.5. The quantitative estimate of drug-likeness (QED) is 0.225. The Morgan fingerprint density at radius 2 is 1.93 bits per heavy atom. The van der Waals surface area contributed by atoms with E-state index in [4.69, 9.17) is 14.2 Å². The number of hydrogen-bond donors (Lipinski definition) is 2. The smallest absolute Gasteiger partial charge is 0.248 e. The number of rotatable bonds is 11. The van der Waals surface area contributed by atoms with Crippen LogP contribution in [0.4, 0.5) is 17.1 Å². The molecular formula is C33H33N5O4. The molecule has 2 N–H and O–H groups in total. The molecule has 42 heavy (non-hydrogen) atoms. The zero-order valence-corrected chi connectivity index (χ0v) is 23.7. The minimum absolute atomic E-state index is 0.124. The van der Waals surface area contributed by atoms with Crippen molar-refractivity contribution < 1.29 is 19.0 Å². The molecule has 0 spiro atoms. The van der Waals surface area contributed by atoms with E-state index in [1.165, 1.54) is 12.3 Å². The van der Waals surface area contributed by atoms with Crippen LogP contribution in [0.1, 0.15) is 17.5 Å². The SMILES string of the molecule is CN(C)C/C=C/C(=O)Nc1c(O[C@H]2CCOC2)ccc2c(Nc3ccc(OCc4ccccc4)cc3)c(C#N)cnc12. The predicted octanol–water partition coefficient (Wildman–Crippen LogP) is 5.65. The number of nitrogens with one attached hydrogen (secondary N) is 2. The molecule has 0 unspecified atom stereocenters. The number of carbonyl (C=O) groups excluding carboxylic acids is 1. The lowest BCUT2D eigenvalue weighted by molar-refractivity contribution is -0.111. The van der Waals surface area contributed by atoms with Crippen molar-refractivity contribution in [1.29, 1.82) is 5.26 Å². The molecule has 5 rings (SSSR count). The maximum absolute atomic E-state index is 12.9. The molecule has 0 radical (unpaired) electrons. The van der Waals surface area contributed by atoms with Crippen LogP contribution in [0.2, 0.25) is 0 Å². The van der Waals surface area contributed by atoms with Crippen molar-refractivity contribution in [3.63, 3.8) is 0 Å². The second kappa shape index (κ2) is 13.6. The summed E-state index contributed by atoms with van der Waals surface area (Å²) in [6, 6.07) is 23.4. The van der Waals surface area contributed by atoms with Crippen molar-refractivity contribution in [2.75, 3.05) is 44.5 Å². The molecule has 3 aromatic carbocycles. The zero-order chi connectivity index (χ0) is 29.3. The molecule has 9 nitrogen and oxygen atoms in total. The second-order valence-electron chi connectivity index (χ2n) is 10.2. The first-order chi connectivity index (χ1) is 20.5. The Balaban J connectivity index is 1.44. The number of pyridine rings is 1. The normalized spacial score (nSPS) is 14.7. The van der Waals surface area contributed by atoms with E-state index in [0.717, 1.165) is 23.4 Å². The largest absolute Gasteiger partial charge is 0.489 e. The van der Waals surface area contributed by atoms with Gasteiger partial charge in [-0.05, 0) is 56.1 Å². The van der Waals surface area contributed by atoms with Crippen molar-refractivity contribution in [3.05, 3.63) is 96.2 Å². The van der Waals surface area contributed by atoms with E-state index in [-0.39, 0.29) is 12.0 Å². The van der Waals surface area contributed by atoms with Gasteiger partial charge in [-0.2, -0.15) is 5.26 Å². The molecule has 1 saturated heterocycles. The van der Waals surface area contributed by atoms with E-state index in [1.54, 1.807) is 12.1 Å². The molecule has 0 aliphatic carbocycles. The number of benzene rings is 3. The molecule has 1 atom stereocenters. The highest BCUT2D eigenvalue weighted by Crippen LogP contribution is 2.39. The van der Waals surface area contributed by atoms with Crippen molar-refractivity contribution >= 4 is 33.9 Å². The van der Waals surface area contributed by atoms with Gasteiger partial charge in [0.2, 0.25) is 5.91 Å². The first kappa shape index (κ1) is 28.6. The van der Waals surface area contributed by atoms with Crippen molar-refractivity contribution in [2.45, 2.75) is 19.1 Å². The molecule has 0 saturated carbocycles. The Bertz CT molecular complexity index is 1590. The summed E-state index contributed by atoms with van der Waals surface area (Å²) in [5.41, 5.74) is 3.75. The lowest BCUT2D eigenvalue weighted by atomic mass is 10.1. The number of anilines is 3. The van der Waals surface area contributed by atoms with Gasteiger partial charge in [0.15, 0.2) is 0 Å². The Hall–Kier alpha value is -4.91. The number of carbonyl (C=O) groups is 1. The summed E-state index contributed by atoms with van der Waals surface area (Å²) >= 11 is 0. The average molecular weight is 564 g/mol. The van der Waals surface area contributed by atoms with Gasteiger partial charge in [0, 0.05) is 36.3 Å². The van der Waals surface area contributed by atoms with Gasteiger partial charge in [0.05, 0.1) is 30.0 Å². The highest BCUT2D eigenvalue weighted by molar-refractivity contribution is 6.10. The van der Waals surface area contributed by atoms with E-state index in [2.05, 4.69) is 21.7 Å². The van der Waals surface area contributed by atoms with Crippen LogP contribution < -0.4 is 20.1 Å². The maximum atomic E-state index is 12.9. The lowest BCUT2D eigenvalue weighted by Crippen LogP contribution is -2.18. The molecule has 0 bridgehead atoms. The summed E-state index contributed by atoms with van der Waals surface area (Å²) in [6.45, 7) is 2.20. The molecular weight excluding hydrogens is 530 g/mol. The van der Waals surface area contributed by atoms with Crippen LogP contribution in [0.5, 0.6) is 11.5 Å². The van der Waals surface area contributed by atoms with Crippen LogP contribution in [0.15, 0.2) is 85.1 Å². The number of aromatic nitrogens is 1. The molecule has 214 valence electrons. The Labute approximate surface area is 245 Å². The van der Waals surface area contributed by atoms with Gasteiger partial charge in [0.25, 0.3) is 0 Å². The Morgan fingerprint density at radius 3 is 2.64 bits per heavy atom. The summed E-state index contributed by atoms with van der Waals surface area (Å²) in [4.78, 5) is 19.4. The van der Waals surface area contributed by atoms with Gasteiger partial charge in [-0.25, -0.2) is 0 Å². The Morgan fingerprint density at radius 1 is 1.12 bits per heavy atom. The number of hydrogen-bond acceptors (Lipinski definition) is 8. The third-order valence-electron chi connectivity index (χ3n) is 6.66. The molecule has 4 aromatic rings. The fourth-order valence-corrected chi connectivity index (χ4v) is 4.53. The first-order valence-corrected chi connectivity index (χ1v) is 13.8. The van der Waals surface area contributed by atoms with Crippen LogP contribution >= 0.6 is 0 Å². The number of nitriles is 1. The van der Waals surface area contributed by atoms with Crippen LogP contribution in [0.3, 0.4) is 0 Å². The van der Waals surface area contributed by atoms with E-state index in [0.29, 0.717) is 60.0 Å². The summed E-state index contributed by atoms with van der Waals surface area (Å²) < 4.78 is 17.6. The van der Waals surface area contributed by atoms with Crippen LogP contribution in [-0.4, -0.2) is 55.7 Å². The average Bonchev–Trinajstić information content (AvgIpc) is 3.51. The monoisotopic (exact) mass is 563 g/mol. The van der Waals surface area contributed by atoms with Crippen molar-refractivity contribution in [2.24, 2.45) is 0 Å². The van der Waals surface area contributed by atoms with Gasteiger partial charge >= 0.3 is 0 Å².